The third-order valence-electron chi connectivity index (χ3n) is 14.2. The molecule has 272 valence electrons. The van der Waals surface area contributed by atoms with Gasteiger partial charge in [0, 0.05) is 29.1 Å². The summed E-state index contributed by atoms with van der Waals surface area (Å²) < 4.78 is 51.9. The first-order chi connectivity index (χ1) is 23.3. The molecule has 12 atom stereocenters. The topological polar surface area (TPSA) is 163 Å². The van der Waals surface area contributed by atoms with Crippen LogP contribution in [0.1, 0.15) is 97.9 Å². The molecule has 0 radical (unpaired) electrons. The molecule has 7 bridgehead atoms. The highest BCUT2D eigenvalue weighted by molar-refractivity contribution is 6.01. The van der Waals surface area contributed by atoms with Gasteiger partial charge in [0.2, 0.25) is 5.60 Å². The van der Waals surface area contributed by atoms with Crippen molar-refractivity contribution < 1.29 is 61.5 Å². The van der Waals surface area contributed by atoms with Crippen LogP contribution in [0.2, 0.25) is 0 Å². The Balaban J connectivity index is 1.49. The summed E-state index contributed by atoms with van der Waals surface area (Å²) in [6.45, 7) is 14.1. The molecule has 0 amide bonds. The van der Waals surface area contributed by atoms with E-state index in [0.717, 1.165) is 0 Å². The van der Waals surface area contributed by atoms with E-state index in [4.69, 9.17) is 37.6 Å². The highest BCUT2D eigenvalue weighted by atomic mass is 16.9. The normalized spacial score (nSPS) is 48.7. The molecule has 0 aromatic carbocycles. The molecule has 9 aliphatic rings. The van der Waals surface area contributed by atoms with E-state index in [0.29, 0.717) is 5.56 Å². The molecule has 5 saturated carbocycles. The standard InChI is InChI=1S/C37H46O13/c1-18(2)26(41)46-28-31(7)17-35-33(31,15-24(39)43-9)20(5)34-12-11-30(6,25(40)21-10-13-44-16-21)22-14-23(38)45-29(37(28,35)47-27(42)19(3)4)36(22,34)50-32(8,48-34)49-35/h10,13,16,18-20,22,28-29H,11-12,14-15,17H2,1-9H3. The fourth-order valence-corrected chi connectivity index (χ4v) is 12.4. The van der Waals surface area contributed by atoms with Crippen molar-refractivity contribution in [1.29, 1.82) is 0 Å². The van der Waals surface area contributed by atoms with E-state index in [-0.39, 0.29) is 37.9 Å². The van der Waals surface area contributed by atoms with Crippen LogP contribution < -0.4 is 0 Å². The van der Waals surface area contributed by atoms with Crippen molar-refractivity contribution in [3.8, 4) is 0 Å². The maximum atomic E-state index is 14.6. The van der Waals surface area contributed by atoms with E-state index in [1.807, 2.05) is 20.8 Å². The summed E-state index contributed by atoms with van der Waals surface area (Å²) in [7, 11) is 1.30. The van der Waals surface area contributed by atoms with Gasteiger partial charge in [-0.25, -0.2) is 0 Å². The number of ketones is 1. The lowest BCUT2D eigenvalue weighted by Crippen LogP contribution is -2.80. The van der Waals surface area contributed by atoms with Crippen molar-refractivity contribution >= 4 is 29.7 Å². The molecule has 10 rings (SSSR count). The lowest BCUT2D eigenvalue weighted by molar-refractivity contribution is -0.409. The molecule has 13 nitrogen and oxygen atoms in total. The lowest BCUT2D eigenvalue weighted by atomic mass is 9.37. The fraction of sp³-hybridized carbons (Fsp3) is 0.757. The Labute approximate surface area is 290 Å². The van der Waals surface area contributed by atoms with Crippen molar-refractivity contribution in [2.75, 3.05) is 7.11 Å². The van der Waals surface area contributed by atoms with Crippen LogP contribution in [0.4, 0.5) is 0 Å². The Bertz CT molecular complexity index is 1720. The average molecular weight is 699 g/mol. The molecule has 4 saturated heterocycles. The van der Waals surface area contributed by atoms with Gasteiger partial charge >= 0.3 is 23.9 Å². The molecule has 5 heterocycles. The Morgan fingerprint density at radius 3 is 2.30 bits per heavy atom. The maximum absolute atomic E-state index is 14.6. The summed E-state index contributed by atoms with van der Waals surface area (Å²) in [5.41, 5.74) is -9.87. The molecule has 1 aromatic rings. The van der Waals surface area contributed by atoms with E-state index in [1.54, 1.807) is 40.7 Å². The zero-order valence-electron chi connectivity index (χ0n) is 30.0. The van der Waals surface area contributed by atoms with E-state index in [2.05, 4.69) is 0 Å². The van der Waals surface area contributed by atoms with Crippen molar-refractivity contribution in [1.82, 2.24) is 0 Å². The Morgan fingerprint density at radius 1 is 0.980 bits per heavy atom. The highest BCUT2D eigenvalue weighted by Gasteiger charge is 3.05. The number of Topliss-reactive ketones (excluding diaryl/α,β-unsaturated/α-hetero) is 1. The summed E-state index contributed by atoms with van der Waals surface area (Å²) in [4.78, 5) is 70.4. The highest BCUT2D eigenvalue weighted by Crippen LogP contribution is 2.91. The fourth-order valence-electron chi connectivity index (χ4n) is 12.4. The number of hydrogen-bond donors (Lipinski definition) is 0. The van der Waals surface area contributed by atoms with Crippen molar-refractivity contribution in [2.24, 2.45) is 39.9 Å². The number of ether oxygens (including phenoxy) is 7. The lowest BCUT2D eigenvalue weighted by Gasteiger charge is -2.68. The van der Waals surface area contributed by atoms with Crippen LogP contribution in [-0.2, 0) is 52.3 Å². The molecule has 3 spiro atoms. The summed E-state index contributed by atoms with van der Waals surface area (Å²) in [6.07, 6.45) is 0.339. The molecule has 12 unspecified atom stereocenters. The third-order valence-corrected chi connectivity index (χ3v) is 14.2. The van der Waals surface area contributed by atoms with Crippen molar-refractivity contribution in [3.05, 3.63) is 24.2 Å². The molecular weight excluding hydrogens is 652 g/mol. The first-order valence-electron chi connectivity index (χ1n) is 17.7. The predicted octanol–water partition coefficient (Wildman–Crippen LogP) is 4.29. The second kappa shape index (κ2) is 9.77. The van der Waals surface area contributed by atoms with Gasteiger partial charge in [0.05, 0.1) is 43.6 Å². The van der Waals surface area contributed by atoms with Crippen molar-refractivity contribution in [3.63, 3.8) is 0 Å². The molecule has 4 aliphatic heterocycles. The number of carbonyl (C=O) groups is 5. The third kappa shape index (κ3) is 3.31. The van der Waals surface area contributed by atoms with Crippen LogP contribution >= 0.6 is 0 Å². The molecule has 50 heavy (non-hydrogen) atoms. The quantitative estimate of drug-likeness (QED) is 0.215. The zero-order valence-corrected chi connectivity index (χ0v) is 30.0. The van der Waals surface area contributed by atoms with Gasteiger partial charge in [-0.15, -0.1) is 0 Å². The van der Waals surface area contributed by atoms with Crippen LogP contribution in [0.25, 0.3) is 0 Å². The number of esters is 4. The zero-order chi connectivity index (χ0) is 36.2. The molecular formula is C37H46O13. The van der Waals surface area contributed by atoms with Gasteiger partial charge < -0.3 is 37.6 Å². The molecule has 13 heteroatoms. The SMILES string of the molecule is COC(=O)CC12C(C)C34CCC(C)(C(=O)c5ccoc5)C5CC(=O)OC6C53OC(C)(O4)OC13CC2(C)C(OC(=O)C(C)C)C63OC(=O)C(C)C. The van der Waals surface area contributed by atoms with Crippen LogP contribution in [0.15, 0.2) is 23.0 Å². The van der Waals surface area contributed by atoms with Crippen LogP contribution in [0.3, 0.4) is 0 Å². The average Bonchev–Trinajstić information content (AvgIpc) is 3.73. The van der Waals surface area contributed by atoms with Crippen LogP contribution in [-0.4, -0.2) is 77.4 Å². The Morgan fingerprint density at radius 2 is 1.68 bits per heavy atom. The largest absolute Gasteiger partial charge is 0.472 e. The maximum Gasteiger partial charge on any atom is 0.309 e. The monoisotopic (exact) mass is 698 g/mol. The smallest absolute Gasteiger partial charge is 0.309 e. The number of carbonyl (C=O) groups excluding carboxylic acids is 5. The van der Waals surface area contributed by atoms with Gasteiger partial charge in [0.15, 0.2) is 18.0 Å². The molecule has 9 fully saturated rings. The first-order valence-corrected chi connectivity index (χ1v) is 17.7. The minimum Gasteiger partial charge on any atom is -0.472 e. The minimum absolute atomic E-state index is 0.154. The predicted molar refractivity (Wildman–Crippen MR) is 168 cm³/mol. The van der Waals surface area contributed by atoms with Gasteiger partial charge in [-0.05, 0) is 31.2 Å². The number of hydrogen-bond acceptors (Lipinski definition) is 13. The molecule has 0 N–H and O–H groups in total. The van der Waals surface area contributed by atoms with Gasteiger partial charge in [0.1, 0.15) is 23.1 Å². The second-order valence-electron chi connectivity index (χ2n) is 16.9. The van der Waals surface area contributed by atoms with E-state index in [9.17, 15) is 24.0 Å². The molecule has 1 aromatic heterocycles. The van der Waals surface area contributed by atoms with Crippen molar-refractivity contribution in [2.45, 2.75) is 128 Å². The Kier molecular flexibility index (Phi) is 6.61. The molecule has 5 aliphatic carbocycles. The van der Waals surface area contributed by atoms with E-state index < -0.39 is 104 Å². The van der Waals surface area contributed by atoms with Gasteiger partial charge in [-0.1, -0.05) is 48.5 Å². The summed E-state index contributed by atoms with van der Waals surface area (Å²) >= 11 is 0. The second-order valence-corrected chi connectivity index (χ2v) is 16.9. The minimum atomic E-state index is -2.02. The van der Waals surface area contributed by atoms with Crippen LogP contribution in [0, 0.1) is 39.9 Å². The summed E-state index contributed by atoms with van der Waals surface area (Å²) in [5.74, 6) is -7.21. The van der Waals surface area contributed by atoms with Gasteiger partial charge in [0.25, 0.3) is 5.97 Å². The van der Waals surface area contributed by atoms with E-state index in [1.165, 1.54) is 19.6 Å². The first kappa shape index (κ1) is 33.8. The summed E-state index contributed by atoms with van der Waals surface area (Å²) in [6, 6.07) is 1.59. The van der Waals surface area contributed by atoms with Crippen LogP contribution in [0.5, 0.6) is 0 Å². The van der Waals surface area contributed by atoms with Gasteiger partial charge in [-0.3, -0.25) is 24.0 Å². The Hall–Kier alpha value is -3.29. The van der Waals surface area contributed by atoms with Gasteiger partial charge in [-0.2, -0.15) is 0 Å². The van der Waals surface area contributed by atoms with E-state index >= 15 is 0 Å². The number of rotatable bonds is 8. The number of methoxy groups -OCH3 is 1. The number of furan rings is 1. The summed E-state index contributed by atoms with van der Waals surface area (Å²) in [5, 5.41) is 0.